The van der Waals surface area contributed by atoms with E-state index in [2.05, 4.69) is 17.0 Å². The highest BCUT2D eigenvalue weighted by Crippen LogP contribution is 2.43. The Morgan fingerprint density at radius 2 is 1.96 bits per heavy atom. The molecule has 0 fully saturated rings. The molecule has 1 aliphatic rings. The third kappa shape index (κ3) is 5.05. The third-order valence-corrected chi connectivity index (χ3v) is 3.90. The van der Waals surface area contributed by atoms with Crippen LogP contribution in [0.2, 0.25) is 0 Å². The molecule has 0 aromatic rings. The predicted octanol–water partition coefficient (Wildman–Crippen LogP) is 4.43. The van der Waals surface area contributed by atoms with E-state index in [0.717, 1.165) is 0 Å². The zero-order chi connectivity index (χ0) is 19.6. The molecule has 0 amide bonds. The number of thiocarbonyl (C=S) groups is 1. The van der Waals surface area contributed by atoms with Crippen molar-refractivity contribution in [1.82, 2.24) is 10.3 Å². The van der Waals surface area contributed by atoms with Gasteiger partial charge in [0.05, 0.1) is 0 Å². The lowest BCUT2D eigenvalue weighted by molar-refractivity contribution is -0.294. The molecular weight excluding hydrogens is 375 g/mol. The SMILES string of the molecule is C=C(Cl)/C=C\C(=C/C)NC(=S)N1N=C(C(C)(C)C)CC1(O)C(F)(F)F. The molecule has 1 rings (SSSR count). The van der Waals surface area contributed by atoms with E-state index in [9.17, 15) is 18.3 Å². The van der Waals surface area contributed by atoms with Gasteiger partial charge in [-0.25, -0.2) is 0 Å². The zero-order valence-corrected chi connectivity index (χ0v) is 16.0. The predicted molar refractivity (Wildman–Crippen MR) is 98.0 cm³/mol. The number of hydrogen-bond acceptors (Lipinski definition) is 3. The van der Waals surface area contributed by atoms with Crippen molar-refractivity contribution < 1.29 is 18.3 Å². The van der Waals surface area contributed by atoms with Gasteiger partial charge in [-0.15, -0.1) is 0 Å². The van der Waals surface area contributed by atoms with Gasteiger partial charge in [0.2, 0.25) is 0 Å². The molecule has 1 aliphatic heterocycles. The Bertz CT molecular complexity index is 650. The fourth-order valence-electron chi connectivity index (χ4n) is 1.96. The molecule has 1 unspecified atom stereocenters. The summed E-state index contributed by atoms with van der Waals surface area (Å²) in [6, 6.07) is 0. The molecule has 0 aromatic carbocycles. The Balaban J connectivity index is 3.18. The fraction of sp³-hybridized carbons (Fsp3) is 0.500. The third-order valence-electron chi connectivity index (χ3n) is 3.50. The standard InChI is InChI=1S/C16H21ClF3N3OS/c1-6-11(8-7-10(2)17)21-13(25)23-15(24,16(18,19)20)9-12(22-23)14(3,4)5/h6-8,24H,2,9H2,1,3-5H3,(H,21,25)/b8-7-,11-6+. The second-order valence-electron chi connectivity index (χ2n) is 6.55. The Morgan fingerprint density at radius 1 is 1.40 bits per heavy atom. The lowest BCUT2D eigenvalue weighted by Gasteiger charge is -2.34. The minimum absolute atomic E-state index is 0.197. The lowest BCUT2D eigenvalue weighted by atomic mass is 9.86. The van der Waals surface area contributed by atoms with Gasteiger partial charge in [-0.2, -0.15) is 23.3 Å². The van der Waals surface area contributed by atoms with Crippen molar-refractivity contribution in [2.45, 2.75) is 46.0 Å². The van der Waals surface area contributed by atoms with E-state index < -0.39 is 23.7 Å². The maximum Gasteiger partial charge on any atom is 0.438 e. The Morgan fingerprint density at radius 3 is 2.36 bits per heavy atom. The molecule has 9 heteroatoms. The topological polar surface area (TPSA) is 47.9 Å². The molecular formula is C16H21ClF3N3OS. The van der Waals surface area contributed by atoms with Gasteiger partial charge in [0.1, 0.15) is 0 Å². The van der Waals surface area contributed by atoms with Crippen LogP contribution in [-0.2, 0) is 0 Å². The molecule has 0 bridgehead atoms. The summed E-state index contributed by atoms with van der Waals surface area (Å²) < 4.78 is 40.4. The average Bonchev–Trinajstić information content (AvgIpc) is 2.82. The summed E-state index contributed by atoms with van der Waals surface area (Å²) in [4.78, 5) is 0. The molecule has 0 aliphatic carbocycles. The molecule has 1 heterocycles. The lowest BCUT2D eigenvalue weighted by Crippen LogP contribution is -2.58. The molecule has 1 atom stereocenters. The molecule has 0 saturated heterocycles. The van der Waals surface area contributed by atoms with Crippen LogP contribution in [-0.4, -0.2) is 32.8 Å². The van der Waals surface area contributed by atoms with Crippen molar-refractivity contribution in [1.29, 1.82) is 0 Å². The second kappa shape index (κ2) is 7.47. The second-order valence-corrected chi connectivity index (χ2v) is 7.43. The van der Waals surface area contributed by atoms with Crippen LogP contribution in [0.4, 0.5) is 13.2 Å². The van der Waals surface area contributed by atoms with E-state index in [4.69, 9.17) is 23.8 Å². The quantitative estimate of drug-likeness (QED) is 0.548. The maximum atomic E-state index is 13.5. The van der Waals surface area contributed by atoms with Gasteiger partial charge in [0.25, 0.3) is 5.72 Å². The summed E-state index contributed by atoms with van der Waals surface area (Å²) in [5.41, 5.74) is -3.26. The van der Waals surface area contributed by atoms with E-state index in [1.165, 1.54) is 12.2 Å². The molecule has 4 nitrogen and oxygen atoms in total. The molecule has 140 valence electrons. The van der Waals surface area contributed by atoms with Crippen molar-refractivity contribution in [3.63, 3.8) is 0 Å². The van der Waals surface area contributed by atoms with Gasteiger partial charge in [-0.05, 0) is 31.3 Å². The first-order valence-electron chi connectivity index (χ1n) is 7.39. The highest BCUT2D eigenvalue weighted by Gasteiger charge is 2.63. The largest absolute Gasteiger partial charge is 0.438 e. The highest BCUT2D eigenvalue weighted by molar-refractivity contribution is 7.80. The molecule has 0 radical (unpaired) electrons. The summed E-state index contributed by atoms with van der Waals surface area (Å²) >= 11 is 10.7. The Hall–Kier alpha value is -1.38. The summed E-state index contributed by atoms with van der Waals surface area (Å²) in [7, 11) is 0. The number of hydrogen-bond donors (Lipinski definition) is 2. The monoisotopic (exact) mass is 395 g/mol. The number of allylic oxidation sites excluding steroid dienone is 4. The van der Waals surface area contributed by atoms with Crippen molar-refractivity contribution in [2.24, 2.45) is 10.5 Å². The first-order valence-corrected chi connectivity index (χ1v) is 8.18. The Labute approximate surface area is 155 Å². The molecule has 0 saturated carbocycles. The first-order chi connectivity index (χ1) is 11.2. The van der Waals surface area contributed by atoms with Crippen LogP contribution in [0.1, 0.15) is 34.1 Å². The number of rotatable bonds is 3. The van der Waals surface area contributed by atoms with E-state index in [1.54, 1.807) is 33.8 Å². The number of aliphatic hydroxyl groups is 1. The number of halogens is 4. The minimum Gasteiger partial charge on any atom is -0.362 e. The van der Waals surface area contributed by atoms with Gasteiger partial charge in [0, 0.05) is 28.3 Å². The van der Waals surface area contributed by atoms with Crippen LogP contribution < -0.4 is 5.32 Å². The van der Waals surface area contributed by atoms with Crippen LogP contribution in [0.25, 0.3) is 0 Å². The number of nitrogens with one attached hydrogen (secondary N) is 1. The average molecular weight is 396 g/mol. The normalized spacial score (nSPS) is 22.4. The van der Waals surface area contributed by atoms with E-state index in [0.29, 0.717) is 10.7 Å². The van der Waals surface area contributed by atoms with E-state index in [-0.39, 0.29) is 15.9 Å². The smallest absolute Gasteiger partial charge is 0.362 e. The van der Waals surface area contributed by atoms with Gasteiger partial charge < -0.3 is 10.4 Å². The summed E-state index contributed by atoms with van der Waals surface area (Å²) in [6.45, 7) is 10.3. The maximum absolute atomic E-state index is 13.5. The van der Waals surface area contributed by atoms with Crippen molar-refractivity contribution in [2.75, 3.05) is 0 Å². The molecule has 0 spiro atoms. The first kappa shape index (κ1) is 21.7. The van der Waals surface area contributed by atoms with Crippen LogP contribution in [0.3, 0.4) is 0 Å². The molecule has 2 N–H and O–H groups in total. The van der Waals surface area contributed by atoms with E-state index >= 15 is 0 Å². The van der Waals surface area contributed by atoms with Crippen molar-refractivity contribution in [3.05, 3.63) is 35.5 Å². The van der Waals surface area contributed by atoms with Crippen LogP contribution >= 0.6 is 23.8 Å². The number of nitrogens with zero attached hydrogens (tertiary/aromatic N) is 2. The van der Waals surface area contributed by atoms with Gasteiger partial charge in [0.15, 0.2) is 5.11 Å². The van der Waals surface area contributed by atoms with Gasteiger partial charge >= 0.3 is 6.18 Å². The van der Waals surface area contributed by atoms with Crippen molar-refractivity contribution in [3.8, 4) is 0 Å². The van der Waals surface area contributed by atoms with Crippen LogP contribution in [0.5, 0.6) is 0 Å². The van der Waals surface area contributed by atoms with Crippen LogP contribution in [0, 0.1) is 5.41 Å². The minimum atomic E-state index is -4.94. The number of alkyl halides is 3. The fourth-order valence-corrected chi connectivity index (χ4v) is 2.34. The molecule has 25 heavy (non-hydrogen) atoms. The van der Waals surface area contributed by atoms with E-state index in [1.807, 2.05) is 0 Å². The number of hydrazone groups is 1. The van der Waals surface area contributed by atoms with Gasteiger partial charge in [-0.3, -0.25) is 0 Å². The summed E-state index contributed by atoms with van der Waals surface area (Å²) in [5, 5.41) is 17.1. The summed E-state index contributed by atoms with van der Waals surface area (Å²) in [6.07, 6.45) is -1.08. The van der Waals surface area contributed by atoms with Crippen LogP contribution in [0.15, 0.2) is 40.6 Å². The Kier molecular flexibility index (Phi) is 6.47. The zero-order valence-electron chi connectivity index (χ0n) is 14.4. The van der Waals surface area contributed by atoms with Gasteiger partial charge in [-0.1, -0.05) is 45.0 Å². The summed E-state index contributed by atoms with van der Waals surface area (Å²) in [5.74, 6) is 0. The van der Waals surface area contributed by atoms with Crippen molar-refractivity contribution >= 4 is 34.6 Å². The molecule has 0 aromatic heterocycles. The highest BCUT2D eigenvalue weighted by atomic mass is 35.5.